The molecule has 0 saturated heterocycles. The number of nitrogens with zero attached hydrogens (tertiary/aromatic N) is 1. The van der Waals surface area contributed by atoms with Gasteiger partial charge in [-0.25, -0.2) is 4.39 Å². The summed E-state index contributed by atoms with van der Waals surface area (Å²) in [6.07, 6.45) is 1.32. The van der Waals surface area contributed by atoms with Crippen molar-refractivity contribution in [2.24, 2.45) is 0 Å². The third-order valence-electron chi connectivity index (χ3n) is 4.26. The van der Waals surface area contributed by atoms with Crippen LogP contribution in [0.4, 0.5) is 10.1 Å². The SMILES string of the molecule is CC1Cc2ccccc2N1C(=O)CCNCc1ccccc1F. The molecular weight excluding hydrogens is 291 g/mol. The Kier molecular flexibility index (Phi) is 4.72. The third-order valence-corrected chi connectivity index (χ3v) is 4.26. The molecule has 4 heteroatoms. The summed E-state index contributed by atoms with van der Waals surface area (Å²) in [6.45, 7) is 3.05. The second kappa shape index (κ2) is 6.92. The monoisotopic (exact) mass is 312 g/mol. The topological polar surface area (TPSA) is 32.3 Å². The van der Waals surface area contributed by atoms with Gasteiger partial charge in [-0.15, -0.1) is 0 Å². The standard InChI is InChI=1S/C19H21FN2O/c1-14-12-15-6-3-5-9-18(15)22(14)19(23)10-11-21-13-16-7-2-4-8-17(16)20/h2-9,14,21H,10-13H2,1H3. The molecular formula is C19H21FN2O. The number of rotatable bonds is 5. The van der Waals surface area contributed by atoms with Crippen molar-refractivity contribution in [1.82, 2.24) is 5.32 Å². The van der Waals surface area contributed by atoms with E-state index in [1.165, 1.54) is 11.6 Å². The molecule has 1 unspecified atom stereocenters. The van der Waals surface area contributed by atoms with Crippen LogP contribution >= 0.6 is 0 Å². The number of nitrogens with one attached hydrogen (secondary N) is 1. The lowest BCUT2D eigenvalue weighted by molar-refractivity contribution is -0.118. The minimum Gasteiger partial charge on any atom is -0.312 e. The summed E-state index contributed by atoms with van der Waals surface area (Å²) in [5, 5.41) is 3.15. The van der Waals surface area contributed by atoms with Gasteiger partial charge >= 0.3 is 0 Å². The average molecular weight is 312 g/mol. The first kappa shape index (κ1) is 15.7. The second-order valence-corrected chi connectivity index (χ2v) is 5.96. The first-order valence-corrected chi connectivity index (χ1v) is 8.01. The lowest BCUT2D eigenvalue weighted by Gasteiger charge is -2.22. The summed E-state index contributed by atoms with van der Waals surface area (Å²) in [5.41, 5.74) is 2.88. The van der Waals surface area contributed by atoms with Gasteiger partial charge in [0, 0.05) is 36.8 Å². The van der Waals surface area contributed by atoms with E-state index in [2.05, 4.69) is 18.3 Å². The number of halogens is 1. The largest absolute Gasteiger partial charge is 0.312 e. The Bertz CT molecular complexity index is 701. The Morgan fingerprint density at radius 1 is 1.22 bits per heavy atom. The molecule has 2 aromatic carbocycles. The summed E-state index contributed by atoms with van der Waals surface area (Å²) < 4.78 is 13.5. The van der Waals surface area contributed by atoms with Crippen molar-refractivity contribution < 1.29 is 9.18 Å². The molecule has 2 aromatic rings. The highest BCUT2D eigenvalue weighted by atomic mass is 19.1. The first-order valence-electron chi connectivity index (χ1n) is 8.01. The quantitative estimate of drug-likeness (QED) is 0.859. The first-order chi connectivity index (χ1) is 11.2. The van der Waals surface area contributed by atoms with Crippen molar-refractivity contribution in [1.29, 1.82) is 0 Å². The average Bonchev–Trinajstić information content (AvgIpc) is 2.88. The lowest BCUT2D eigenvalue weighted by Crippen LogP contribution is -2.37. The van der Waals surface area contributed by atoms with Crippen LogP contribution in [0.2, 0.25) is 0 Å². The number of hydrogen-bond acceptors (Lipinski definition) is 2. The summed E-state index contributed by atoms with van der Waals surface area (Å²) >= 11 is 0. The number of anilines is 1. The maximum atomic E-state index is 13.5. The molecule has 120 valence electrons. The van der Waals surface area contributed by atoms with Crippen molar-refractivity contribution in [2.75, 3.05) is 11.4 Å². The van der Waals surface area contributed by atoms with Crippen LogP contribution in [0.15, 0.2) is 48.5 Å². The molecule has 0 bridgehead atoms. The Morgan fingerprint density at radius 3 is 2.78 bits per heavy atom. The zero-order chi connectivity index (χ0) is 16.2. The van der Waals surface area contributed by atoms with Crippen LogP contribution in [0.25, 0.3) is 0 Å². The normalized spacial score (nSPS) is 16.4. The van der Waals surface area contributed by atoms with E-state index in [9.17, 15) is 9.18 Å². The van der Waals surface area contributed by atoms with Crippen LogP contribution in [-0.4, -0.2) is 18.5 Å². The fraction of sp³-hybridized carbons (Fsp3) is 0.316. The van der Waals surface area contributed by atoms with E-state index >= 15 is 0 Å². The second-order valence-electron chi connectivity index (χ2n) is 5.96. The number of amides is 1. The smallest absolute Gasteiger partial charge is 0.228 e. The van der Waals surface area contributed by atoms with Gasteiger partial charge in [0.2, 0.25) is 5.91 Å². The maximum Gasteiger partial charge on any atom is 0.228 e. The van der Waals surface area contributed by atoms with Crippen molar-refractivity contribution in [2.45, 2.75) is 32.4 Å². The number of hydrogen-bond donors (Lipinski definition) is 1. The molecule has 1 atom stereocenters. The van der Waals surface area contributed by atoms with Gasteiger partial charge in [0.15, 0.2) is 0 Å². The van der Waals surface area contributed by atoms with Crippen molar-refractivity contribution in [3.05, 3.63) is 65.5 Å². The van der Waals surface area contributed by atoms with Gasteiger partial charge in [-0.3, -0.25) is 4.79 Å². The van der Waals surface area contributed by atoms with E-state index < -0.39 is 0 Å². The molecule has 0 aliphatic carbocycles. The zero-order valence-electron chi connectivity index (χ0n) is 13.3. The number of carbonyl (C=O) groups excluding carboxylic acids is 1. The van der Waals surface area contributed by atoms with Gasteiger partial charge < -0.3 is 10.2 Å². The fourth-order valence-corrected chi connectivity index (χ4v) is 3.13. The van der Waals surface area contributed by atoms with Gasteiger partial charge in [-0.05, 0) is 31.0 Å². The summed E-state index contributed by atoms with van der Waals surface area (Å²) in [7, 11) is 0. The van der Waals surface area contributed by atoms with Gasteiger partial charge in [-0.1, -0.05) is 36.4 Å². The molecule has 0 spiro atoms. The van der Waals surface area contributed by atoms with Crippen molar-refractivity contribution >= 4 is 11.6 Å². The van der Waals surface area contributed by atoms with E-state index in [1.807, 2.05) is 29.2 Å². The predicted molar refractivity (Wildman–Crippen MR) is 89.8 cm³/mol. The Balaban J connectivity index is 1.53. The van der Waals surface area contributed by atoms with Gasteiger partial charge in [0.1, 0.15) is 5.82 Å². The molecule has 1 heterocycles. The van der Waals surface area contributed by atoms with Crippen LogP contribution in [-0.2, 0) is 17.8 Å². The molecule has 0 saturated carbocycles. The van der Waals surface area contributed by atoms with Crippen LogP contribution in [0.1, 0.15) is 24.5 Å². The van der Waals surface area contributed by atoms with Gasteiger partial charge in [-0.2, -0.15) is 0 Å². The van der Waals surface area contributed by atoms with E-state index in [-0.39, 0.29) is 17.8 Å². The highest BCUT2D eigenvalue weighted by Crippen LogP contribution is 2.32. The molecule has 1 aliphatic rings. The lowest BCUT2D eigenvalue weighted by atomic mass is 10.1. The number of carbonyl (C=O) groups is 1. The molecule has 0 radical (unpaired) electrons. The van der Waals surface area contributed by atoms with Crippen LogP contribution in [0.3, 0.4) is 0 Å². The fourth-order valence-electron chi connectivity index (χ4n) is 3.13. The molecule has 23 heavy (non-hydrogen) atoms. The van der Waals surface area contributed by atoms with E-state index in [0.717, 1.165) is 12.1 Å². The van der Waals surface area contributed by atoms with Crippen LogP contribution in [0.5, 0.6) is 0 Å². The Hall–Kier alpha value is -2.20. The Morgan fingerprint density at radius 2 is 1.96 bits per heavy atom. The number of para-hydroxylation sites is 1. The van der Waals surface area contributed by atoms with Crippen molar-refractivity contribution in [3.63, 3.8) is 0 Å². The third kappa shape index (κ3) is 3.42. The summed E-state index contributed by atoms with van der Waals surface area (Å²) in [4.78, 5) is 14.4. The minimum absolute atomic E-state index is 0.114. The van der Waals surface area contributed by atoms with Crippen LogP contribution < -0.4 is 10.2 Å². The van der Waals surface area contributed by atoms with E-state index in [1.54, 1.807) is 12.1 Å². The molecule has 1 aliphatic heterocycles. The number of fused-ring (bicyclic) bond motifs is 1. The molecule has 3 rings (SSSR count). The molecule has 1 amide bonds. The summed E-state index contributed by atoms with van der Waals surface area (Å²) in [5.74, 6) is -0.100. The van der Waals surface area contributed by atoms with Crippen LogP contribution in [0, 0.1) is 5.82 Å². The summed E-state index contributed by atoms with van der Waals surface area (Å²) in [6, 6.07) is 14.9. The zero-order valence-corrected chi connectivity index (χ0v) is 13.3. The molecule has 0 aromatic heterocycles. The van der Waals surface area contributed by atoms with Crippen molar-refractivity contribution in [3.8, 4) is 0 Å². The highest BCUT2D eigenvalue weighted by molar-refractivity contribution is 5.96. The minimum atomic E-state index is -0.214. The predicted octanol–water partition coefficient (Wildman–Crippen LogP) is 3.28. The number of benzene rings is 2. The maximum absolute atomic E-state index is 13.5. The molecule has 3 nitrogen and oxygen atoms in total. The molecule has 1 N–H and O–H groups in total. The van der Waals surface area contributed by atoms with E-state index in [0.29, 0.717) is 25.1 Å². The Labute approximate surface area is 136 Å². The molecule has 0 fully saturated rings. The van der Waals surface area contributed by atoms with Gasteiger partial charge in [0.25, 0.3) is 0 Å². The van der Waals surface area contributed by atoms with Gasteiger partial charge in [0.05, 0.1) is 0 Å². The van der Waals surface area contributed by atoms with E-state index in [4.69, 9.17) is 0 Å². The highest BCUT2D eigenvalue weighted by Gasteiger charge is 2.29.